The van der Waals surface area contributed by atoms with Crippen molar-refractivity contribution in [2.45, 2.75) is 24.6 Å². The number of carbonyl (C=O) groups is 2. The molecule has 4 nitrogen and oxygen atoms in total. The third-order valence-electron chi connectivity index (χ3n) is 3.51. The molecule has 0 heterocycles. The number of carbonyl (C=O) groups excluding carboxylic acids is 1. The first-order chi connectivity index (χ1) is 11.6. The predicted molar refractivity (Wildman–Crippen MR) is 96.9 cm³/mol. The number of aryl methyl sites for hydroxylation is 1. The zero-order valence-electron chi connectivity index (χ0n) is 13.4. The van der Waals surface area contributed by atoms with Crippen LogP contribution in [0.25, 0.3) is 0 Å². The van der Waals surface area contributed by atoms with Crippen LogP contribution >= 0.6 is 11.8 Å². The molecule has 2 aromatic carbocycles. The monoisotopic (exact) mass is 343 g/mol. The summed E-state index contributed by atoms with van der Waals surface area (Å²) < 4.78 is 0. The Bertz CT molecular complexity index is 646. The molecule has 0 fully saturated rings. The molecule has 0 saturated heterocycles. The Hall–Kier alpha value is -2.27. The first kappa shape index (κ1) is 18.1. The quantitative estimate of drug-likeness (QED) is 0.734. The highest BCUT2D eigenvalue weighted by Gasteiger charge is 2.19. The number of thioether (sulfide) groups is 1. The van der Waals surface area contributed by atoms with Crippen molar-refractivity contribution in [1.82, 2.24) is 5.32 Å². The lowest BCUT2D eigenvalue weighted by molar-refractivity contribution is -0.141. The van der Waals surface area contributed by atoms with Crippen molar-refractivity contribution in [2.75, 3.05) is 5.75 Å². The Balaban J connectivity index is 1.75. The number of carboxylic acid groups (broad SMARTS) is 1. The molecule has 0 saturated carbocycles. The molecule has 2 N–H and O–H groups in total. The number of nitrogens with one attached hydrogen (secondary N) is 1. The van der Waals surface area contributed by atoms with Gasteiger partial charge in [0.25, 0.3) is 0 Å². The number of hydrogen-bond acceptors (Lipinski definition) is 3. The van der Waals surface area contributed by atoms with E-state index >= 15 is 0 Å². The summed E-state index contributed by atoms with van der Waals surface area (Å²) in [4.78, 5) is 23.3. The first-order valence-electron chi connectivity index (χ1n) is 7.83. The predicted octanol–water partition coefficient (Wildman–Crippen LogP) is 3.12. The molecule has 0 aliphatic carbocycles. The van der Waals surface area contributed by atoms with Crippen molar-refractivity contribution in [3.63, 3.8) is 0 Å². The SMILES string of the molecule is O=C(CCc1ccccc1)NC(CSCc1ccccc1)C(=O)O. The van der Waals surface area contributed by atoms with Gasteiger partial charge in [0.2, 0.25) is 5.91 Å². The maximum absolute atomic E-state index is 12.0. The van der Waals surface area contributed by atoms with E-state index in [1.54, 1.807) is 0 Å². The summed E-state index contributed by atoms with van der Waals surface area (Å²) >= 11 is 1.50. The Morgan fingerprint density at radius 2 is 1.54 bits per heavy atom. The van der Waals surface area contributed by atoms with Crippen LogP contribution in [-0.2, 0) is 21.8 Å². The van der Waals surface area contributed by atoms with E-state index in [1.165, 1.54) is 11.8 Å². The largest absolute Gasteiger partial charge is 0.480 e. The molecule has 24 heavy (non-hydrogen) atoms. The molecule has 0 bridgehead atoms. The highest BCUT2D eigenvalue weighted by Crippen LogP contribution is 2.13. The Labute approximate surface area is 146 Å². The van der Waals surface area contributed by atoms with Crippen LogP contribution < -0.4 is 5.32 Å². The van der Waals surface area contributed by atoms with E-state index in [4.69, 9.17) is 0 Å². The number of carboxylic acids is 1. The number of hydrogen-bond donors (Lipinski definition) is 2. The van der Waals surface area contributed by atoms with Gasteiger partial charge in [0, 0.05) is 17.9 Å². The standard InChI is InChI=1S/C19H21NO3S/c21-18(12-11-15-7-3-1-4-8-15)20-17(19(22)23)14-24-13-16-9-5-2-6-10-16/h1-10,17H,11-14H2,(H,20,21)(H,22,23). The van der Waals surface area contributed by atoms with Gasteiger partial charge in [-0.25, -0.2) is 4.79 Å². The van der Waals surface area contributed by atoms with Gasteiger partial charge in [-0.1, -0.05) is 60.7 Å². The highest BCUT2D eigenvalue weighted by atomic mass is 32.2. The average molecular weight is 343 g/mol. The van der Waals surface area contributed by atoms with Crippen LogP contribution in [0.4, 0.5) is 0 Å². The molecule has 0 aromatic heterocycles. The van der Waals surface area contributed by atoms with Gasteiger partial charge >= 0.3 is 5.97 Å². The molecule has 5 heteroatoms. The van der Waals surface area contributed by atoms with Crippen LogP contribution in [-0.4, -0.2) is 28.8 Å². The minimum Gasteiger partial charge on any atom is -0.480 e. The first-order valence-corrected chi connectivity index (χ1v) is 8.98. The average Bonchev–Trinajstić information content (AvgIpc) is 2.61. The highest BCUT2D eigenvalue weighted by molar-refractivity contribution is 7.98. The molecule has 1 amide bonds. The molecule has 0 aliphatic rings. The number of rotatable bonds is 9. The summed E-state index contributed by atoms with van der Waals surface area (Å²) in [5.74, 6) is -0.151. The zero-order chi connectivity index (χ0) is 17.2. The maximum atomic E-state index is 12.0. The fraction of sp³-hybridized carbons (Fsp3) is 0.263. The third kappa shape index (κ3) is 6.46. The zero-order valence-corrected chi connectivity index (χ0v) is 14.2. The van der Waals surface area contributed by atoms with Crippen molar-refractivity contribution in [3.8, 4) is 0 Å². The topological polar surface area (TPSA) is 66.4 Å². The molecular formula is C19H21NO3S. The van der Waals surface area contributed by atoms with Gasteiger partial charge in [0.1, 0.15) is 6.04 Å². The van der Waals surface area contributed by atoms with Crippen molar-refractivity contribution >= 4 is 23.6 Å². The Morgan fingerprint density at radius 3 is 2.12 bits per heavy atom. The van der Waals surface area contributed by atoms with Gasteiger partial charge in [-0.05, 0) is 17.5 Å². The van der Waals surface area contributed by atoms with E-state index in [-0.39, 0.29) is 12.3 Å². The Morgan fingerprint density at radius 1 is 0.958 bits per heavy atom. The second-order valence-electron chi connectivity index (χ2n) is 5.44. The smallest absolute Gasteiger partial charge is 0.327 e. The normalized spacial score (nSPS) is 11.7. The van der Waals surface area contributed by atoms with Crippen molar-refractivity contribution in [1.29, 1.82) is 0 Å². The molecule has 126 valence electrons. The maximum Gasteiger partial charge on any atom is 0.327 e. The van der Waals surface area contributed by atoms with Gasteiger partial charge < -0.3 is 10.4 Å². The van der Waals surface area contributed by atoms with Crippen LogP contribution in [0, 0.1) is 0 Å². The van der Waals surface area contributed by atoms with E-state index in [0.29, 0.717) is 12.2 Å². The van der Waals surface area contributed by atoms with Crippen molar-refractivity contribution in [2.24, 2.45) is 0 Å². The molecule has 1 atom stereocenters. The van der Waals surface area contributed by atoms with Crippen LogP contribution in [0.3, 0.4) is 0 Å². The second kappa shape index (κ2) is 9.78. The molecule has 2 rings (SSSR count). The molecule has 0 spiro atoms. The van der Waals surface area contributed by atoms with Crippen LogP contribution in [0.15, 0.2) is 60.7 Å². The Kier molecular flexibility index (Phi) is 7.36. The van der Waals surface area contributed by atoms with E-state index < -0.39 is 12.0 Å². The van der Waals surface area contributed by atoms with Gasteiger partial charge in [0.05, 0.1) is 0 Å². The number of aliphatic carboxylic acids is 1. The minimum absolute atomic E-state index is 0.230. The summed E-state index contributed by atoms with van der Waals surface area (Å²) in [5, 5.41) is 11.9. The van der Waals surface area contributed by atoms with Gasteiger partial charge in [-0.3, -0.25) is 4.79 Å². The van der Waals surface area contributed by atoms with Crippen molar-refractivity contribution in [3.05, 3.63) is 71.8 Å². The van der Waals surface area contributed by atoms with Crippen LogP contribution in [0.1, 0.15) is 17.5 Å². The van der Waals surface area contributed by atoms with Crippen LogP contribution in [0.2, 0.25) is 0 Å². The lowest BCUT2D eigenvalue weighted by atomic mass is 10.1. The van der Waals surface area contributed by atoms with E-state index in [2.05, 4.69) is 5.32 Å². The minimum atomic E-state index is -0.997. The van der Waals surface area contributed by atoms with Gasteiger partial charge in [-0.2, -0.15) is 11.8 Å². The summed E-state index contributed by atoms with van der Waals surface area (Å²) in [6, 6.07) is 18.7. The lowest BCUT2D eigenvalue weighted by Gasteiger charge is -2.14. The molecular weight excluding hydrogens is 322 g/mol. The van der Waals surface area contributed by atoms with E-state index in [9.17, 15) is 14.7 Å². The summed E-state index contributed by atoms with van der Waals surface area (Å²) in [6.07, 6.45) is 0.896. The fourth-order valence-corrected chi connectivity index (χ4v) is 3.22. The lowest BCUT2D eigenvalue weighted by Crippen LogP contribution is -2.42. The van der Waals surface area contributed by atoms with Gasteiger partial charge in [0.15, 0.2) is 0 Å². The second-order valence-corrected chi connectivity index (χ2v) is 6.47. The van der Waals surface area contributed by atoms with Crippen LogP contribution in [0.5, 0.6) is 0 Å². The van der Waals surface area contributed by atoms with E-state index in [1.807, 2.05) is 60.7 Å². The van der Waals surface area contributed by atoms with Crippen molar-refractivity contribution < 1.29 is 14.7 Å². The molecule has 0 aliphatic heterocycles. The summed E-state index contributed by atoms with van der Waals surface area (Å²) in [5.41, 5.74) is 2.21. The molecule has 2 aromatic rings. The van der Waals surface area contributed by atoms with E-state index in [0.717, 1.165) is 16.9 Å². The summed E-state index contributed by atoms with van der Waals surface area (Å²) in [7, 11) is 0. The third-order valence-corrected chi connectivity index (χ3v) is 4.62. The number of benzene rings is 2. The fourth-order valence-electron chi connectivity index (χ4n) is 2.21. The van der Waals surface area contributed by atoms with Gasteiger partial charge in [-0.15, -0.1) is 0 Å². The molecule has 0 radical (unpaired) electrons. The molecule has 1 unspecified atom stereocenters. The summed E-state index contributed by atoms with van der Waals surface area (Å²) in [6.45, 7) is 0. The number of amides is 1.